The van der Waals surface area contributed by atoms with E-state index in [1.807, 2.05) is 49.4 Å². The van der Waals surface area contributed by atoms with Crippen molar-refractivity contribution in [1.82, 2.24) is 9.55 Å². The van der Waals surface area contributed by atoms with Gasteiger partial charge in [-0.05, 0) is 24.6 Å². The standard InChI is InChI=1S/C16H16N4/c1-11-19-14-8-4-5-9-15(14)20(11)10-12-6-2-3-7-13(12)16(17)18/h2-9H,10H2,1H3,(H3,17,18). The highest BCUT2D eigenvalue weighted by atomic mass is 15.1. The van der Waals surface area contributed by atoms with Crippen LogP contribution in [0.15, 0.2) is 48.5 Å². The van der Waals surface area contributed by atoms with Crippen LogP contribution < -0.4 is 5.73 Å². The minimum Gasteiger partial charge on any atom is -0.384 e. The molecule has 0 bridgehead atoms. The number of benzene rings is 2. The van der Waals surface area contributed by atoms with E-state index in [9.17, 15) is 0 Å². The average Bonchev–Trinajstić information content (AvgIpc) is 2.76. The molecular formula is C16H16N4. The van der Waals surface area contributed by atoms with E-state index in [1.54, 1.807) is 0 Å². The van der Waals surface area contributed by atoms with Crippen LogP contribution in [-0.4, -0.2) is 15.4 Å². The Balaban J connectivity index is 2.10. The number of nitrogens with two attached hydrogens (primary N) is 1. The summed E-state index contributed by atoms with van der Waals surface area (Å²) in [4.78, 5) is 4.56. The van der Waals surface area contributed by atoms with Crippen LogP contribution in [0.4, 0.5) is 0 Å². The van der Waals surface area contributed by atoms with Crippen molar-refractivity contribution in [3.8, 4) is 0 Å². The first kappa shape index (κ1) is 12.4. The van der Waals surface area contributed by atoms with E-state index < -0.39 is 0 Å². The highest BCUT2D eigenvalue weighted by Gasteiger charge is 2.10. The Morgan fingerprint density at radius 2 is 1.85 bits per heavy atom. The molecule has 0 atom stereocenters. The second-order valence-electron chi connectivity index (χ2n) is 4.80. The van der Waals surface area contributed by atoms with Crippen LogP contribution >= 0.6 is 0 Å². The fourth-order valence-electron chi connectivity index (χ4n) is 2.49. The summed E-state index contributed by atoms with van der Waals surface area (Å²) in [5.41, 5.74) is 9.56. The first-order chi connectivity index (χ1) is 9.66. The molecule has 2 aromatic carbocycles. The summed E-state index contributed by atoms with van der Waals surface area (Å²) in [6.45, 7) is 2.67. The van der Waals surface area contributed by atoms with Crippen molar-refractivity contribution in [2.75, 3.05) is 0 Å². The van der Waals surface area contributed by atoms with Crippen LogP contribution in [0.3, 0.4) is 0 Å². The zero-order valence-electron chi connectivity index (χ0n) is 11.3. The normalized spacial score (nSPS) is 10.8. The van der Waals surface area contributed by atoms with E-state index in [4.69, 9.17) is 11.1 Å². The number of nitrogens with zero attached hydrogens (tertiary/aromatic N) is 2. The van der Waals surface area contributed by atoms with Gasteiger partial charge in [0, 0.05) is 5.56 Å². The Morgan fingerprint density at radius 3 is 2.65 bits per heavy atom. The van der Waals surface area contributed by atoms with Gasteiger partial charge in [-0.25, -0.2) is 4.98 Å². The van der Waals surface area contributed by atoms with Crippen molar-refractivity contribution >= 4 is 16.9 Å². The summed E-state index contributed by atoms with van der Waals surface area (Å²) in [7, 11) is 0. The van der Waals surface area contributed by atoms with Gasteiger partial charge in [-0.1, -0.05) is 36.4 Å². The molecule has 0 fully saturated rings. The van der Waals surface area contributed by atoms with Crippen molar-refractivity contribution in [2.45, 2.75) is 13.5 Å². The number of imidazole rings is 1. The molecule has 0 saturated carbocycles. The predicted octanol–water partition coefficient (Wildman–Crippen LogP) is 2.68. The number of hydrogen-bond donors (Lipinski definition) is 2. The average molecular weight is 264 g/mol. The number of para-hydroxylation sites is 2. The van der Waals surface area contributed by atoms with Gasteiger partial charge < -0.3 is 10.3 Å². The number of rotatable bonds is 3. The molecule has 1 heterocycles. The van der Waals surface area contributed by atoms with Gasteiger partial charge in [0.05, 0.1) is 17.6 Å². The van der Waals surface area contributed by atoms with Crippen LogP contribution in [-0.2, 0) is 6.54 Å². The molecule has 0 saturated heterocycles. The summed E-state index contributed by atoms with van der Waals surface area (Å²) in [6, 6.07) is 15.8. The van der Waals surface area contributed by atoms with E-state index in [2.05, 4.69) is 15.6 Å². The monoisotopic (exact) mass is 264 g/mol. The predicted molar refractivity (Wildman–Crippen MR) is 81.0 cm³/mol. The minimum atomic E-state index is 0.0997. The van der Waals surface area contributed by atoms with E-state index >= 15 is 0 Å². The van der Waals surface area contributed by atoms with Gasteiger partial charge in [0.15, 0.2) is 0 Å². The van der Waals surface area contributed by atoms with Crippen molar-refractivity contribution < 1.29 is 0 Å². The van der Waals surface area contributed by atoms with Crippen molar-refractivity contribution in [3.05, 3.63) is 65.5 Å². The van der Waals surface area contributed by atoms with E-state index in [-0.39, 0.29) is 5.84 Å². The maximum Gasteiger partial charge on any atom is 0.123 e. The molecule has 0 aliphatic heterocycles. The lowest BCUT2D eigenvalue weighted by Crippen LogP contribution is -2.15. The Labute approximate surface area is 117 Å². The molecule has 3 N–H and O–H groups in total. The number of nitrogens with one attached hydrogen (secondary N) is 1. The third-order valence-electron chi connectivity index (χ3n) is 3.48. The lowest BCUT2D eigenvalue weighted by Gasteiger charge is -2.11. The second kappa shape index (κ2) is 4.81. The number of amidine groups is 1. The maximum absolute atomic E-state index is 7.67. The number of nitrogen functional groups attached to an aromatic ring is 1. The zero-order valence-corrected chi connectivity index (χ0v) is 11.3. The van der Waals surface area contributed by atoms with Gasteiger partial charge >= 0.3 is 0 Å². The van der Waals surface area contributed by atoms with Gasteiger partial charge in [0.25, 0.3) is 0 Å². The van der Waals surface area contributed by atoms with E-state index in [1.165, 1.54) is 0 Å². The number of fused-ring (bicyclic) bond motifs is 1. The fourth-order valence-corrected chi connectivity index (χ4v) is 2.49. The molecule has 0 radical (unpaired) electrons. The molecule has 0 spiro atoms. The third kappa shape index (κ3) is 2.05. The Morgan fingerprint density at radius 1 is 1.15 bits per heavy atom. The maximum atomic E-state index is 7.67. The first-order valence-electron chi connectivity index (χ1n) is 6.51. The molecule has 0 aliphatic rings. The van der Waals surface area contributed by atoms with Gasteiger partial charge in [0.1, 0.15) is 11.7 Å². The molecule has 0 amide bonds. The molecule has 3 rings (SSSR count). The van der Waals surface area contributed by atoms with Crippen LogP contribution in [0, 0.1) is 12.3 Å². The van der Waals surface area contributed by atoms with Gasteiger partial charge in [-0.2, -0.15) is 0 Å². The molecule has 1 aromatic heterocycles. The van der Waals surface area contributed by atoms with Crippen molar-refractivity contribution in [2.24, 2.45) is 5.73 Å². The summed E-state index contributed by atoms with van der Waals surface area (Å²) < 4.78 is 2.15. The highest BCUT2D eigenvalue weighted by Crippen LogP contribution is 2.18. The minimum absolute atomic E-state index is 0.0997. The molecule has 0 aliphatic carbocycles. The lowest BCUT2D eigenvalue weighted by atomic mass is 10.1. The highest BCUT2D eigenvalue weighted by molar-refractivity contribution is 5.96. The third-order valence-corrected chi connectivity index (χ3v) is 3.48. The number of hydrogen-bond acceptors (Lipinski definition) is 2. The second-order valence-corrected chi connectivity index (χ2v) is 4.80. The van der Waals surface area contributed by atoms with Crippen LogP contribution in [0.1, 0.15) is 17.0 Å². The molecule has 3 aromatic rings. The summed E-state index contributed by atoms with van der Waals surface area (Å²) in [5, 5.41) is 7.67. The smallest absolute Gasteiger partial charge is 0.123 e. The Bertz CT molecular complexity index is 786. The molecule has 4 heteroatoms. The van der Waals surface area contributed by atoms with Crippen molar-refractivity contribution in [1.29, 1.82) is 5.41 Å². The quantitative estimate of drug-likeness (QED) is 0.564. The molecule has 20 heavy (non-hydrogen) atoms. The summed E-state index contributed by atoms with van der Waals surface area (Å²) >= 11 is 0. The molecule has 100 valence electrons. The van der Waals surface area contributed by atoms with Gasteiger partial charge in [0.2, 0.25) is 0 Å². The SMILES string of the molecule is Cc1nc2ccccc2n1Cc1ccccc1C(=N)N. The topological polar surface area (TPSA) is 67.7 Å². The van der Waals surface area contributed by atoms with E-state index in [0.717, 1.165) is 28.0 Å². The van der Waals surface area contributed by atoms with Crippen LogP contribution in [0.5, 0.6) is 0 Å². The number of aromatic nitrogens is 2. The molecule has 4 nitrogen and oxygen atoms in total. The van der Waals surface area contributed by atoms with Crippen LogP contribution in [0.25, 0.3) is 11.0 Å². The van der Waals surface area contributed by atoms with Gasteiger partial charge in [-0.15, -0.1) is 0 Å². The zero-order chi connectivity index (χ0) is 14.1. The van der Waals surface area contributed by atoms with E-state index in [0.29, 0.717) is 6.54 Å². The Hall–Kier alpha value is -2.62. The number of aryl methyl sites for hydroxylation is 1. The van der Waals surface area contributed by atoms with Gasteiger partial charge in [-0.3, -0.25) is 5.41 Å². The summed E-state index contributed by atoms with van der Waals surface area (Å²) in [5.74, 6) is 1.06. The largest absolute Gasteiger partial charge is 0.384 e. The lowest BCUT2D eigenvalue weighted by molar-refractivity contribution is 0.784. The molecular weight excluding hydrogens is 248 g/mol. The summed E-state index contributed by atoms with van der Waals surface area (Å²) in [6.07, 6.45) is 0. The molecule has 0 unspecified atom stereocenters. The fraction of sp³-hybridized carbons (Fsp3) is 0.125. The Kier molecular flexibility index (Phi) is 2.99. The van der Waals surface area contributed by atoms with Crippen molar-refractivity contribution in [3.63, 3.8) is 0 Å². The van der Waals surface area contributed by atoms with Crippen LogP contribution in [0.2, 0.25) is 0 Å². The first-order valence-corrected chi connectivity index (χ1v) is 6.51.